The van der Waals surface area contributed by atoms with E-state index in [9.17, 15) is 0 Å². The van der Waals surface area contributed by atoms with Crippen molar-refractivity contribution >= 4 is 76.7 Å². The Bertz CT molecular complexity index is 2090. The number of para-hydroxylation sites is 1. The van der Waals surface area contributed by atoms with Crippen LogP contribution in [0.25, 0.3) is 58.4 Å². The van der Waals surface area contributed by atoms with Crippen LogP contribution in [0.15, 0.2) is 97.1 Å². The molecule has 190 valence electrons. The lowest BCUT2D eigenvalue weighted by atomic mass is 9.79. The van der Waals surface area contributed by atoms with Gasteiger partial charge in [0.25, 0.3) is 0 Å². The standard InChI is InChI=1S/C34H28BNO2S/c1-33(2)34(3,4)38-35(37-33)21-12-11-13-22(20-21)36-27-18-9-7-16-25(27)29-23-14-5-6-15-24(23)32-30(31(29)36)26-17-8-10-19-28(26)39-32/h5-20H,1-4H3. The summed E-state index contributed by atoms with van der Waals surface area (Å²) in [5.41, 5.74) is 3.83. The van der Waals surface area contributed by atoms with Crippen molar-refractivity contribution in [1.82, 2.24) is 4.57 Å². The molecule has 0 bridgehead atoms. The smallest absolute Gasteiger partial charge is 0.399 e. The van der Waals surface area contributed by atoms with E-state index in [1.165, 1.54) is 52.8 Å². The molecule has 0 aliphatic carbocycles. The summed E-state index contributed by atoms with van der Waals surface area (Å²) in [6.07, 6.45) is 0. The van der Waals surface area contributed by atoms with Crippen LogP contribution in [-0.2, 0) is 9.31 Å². The van der Waals surface area contributed by atoms with Crippen LogP contribution in [-0.4, -0.2) is 22.9 Å². The molecule has 0 unspecified atom stereocenters. The average Bonchev–Trinajstić information content (AvgIpc) is 3.56. The number of benzene rings is 5. The number of nitrogens with zero attached hydrogens (tertiary/aromatic N) is 1. The van der Waals surface area contributed by atoms with Crippen LogP contribution in [0.1, 0.15) is 27.7 Å². The first kappa shape index (κ1) is 23.3. The fourth-order valence-corrected chi connectivity index (χ4v) is 7.42. The Labute approximate surface area is 231 Å². The SMILES string of the molecule is CC1(C)OB(c2cccc(-n3c4ccccc4c4c5ccccc5c5sc6ccccc6c5c43)c2)OC1(C)C. The summed E-state index contributed by atoms with van der Waals surface area (Å²) in [6, 6.07) is 35.2. The Balaban J connectivity index is 1.51. The van der Waals surface area contributed by atoms with E-state index in [-0.39, 0.29) is 11.2 Å². The molecular formula is C34H28BNO2S. The molecule has 0 atom stereocenters. The summed E-state index contributed by atoms with van der Waals surface area (Å²) in [6.45, 7) is 8.42. The van der Waals surface area contributed by atoms with Crippen LogP contribution in [0, 0.1) is 0 Å². The van der Waals surface area contributed by atoms with Gasteiger partial charge in [-0.15, -0.1) is 11.3 Å². The number of hydrogen-bond donors (Lipinski definition) is 0. The fourth-order valence-electron chi connectivity index (χ4n) is 6.18. The van der Waals surface area contributed by atoms with Crippen LogP contribution in [0.5, 0.6) is 0 Å². The van der Waals surface area contributed by atoms with Gasteiger partial charge < -0.3 is 13.9 Å². The lowest BCUT2D eigenvalue weighted by Crippen LogP contribution is -2.41. The van der Waals surface area contributed by atoms with E-state index in [4.69, 9.17) is 9.31 Å². The van der Waals surface area contributed by atoms with E-state index in [2.05, 4.69) is 129 Å². The zero-order chi connectivity index (χ0) is 26.5. The Morgan fingerprint density at radius 3 is 2.05 bits per heavy atom. The summed E-state index contributed by atoms with van der Waals surface area (Å²) < 4.78 is 18.0. The highest BCUT2D eigenvalue weighted by Crippen LogP contribution is 2.47. The fraction of sp³-hybridized carbons (Fsp3) is 0.176. The molecule has 3 heterocycles. The van der Waals surface area contributed by atoms with E-state index >= 15 is 0 Å². The van der Waals surface area contributed by atoms with Gasteiger partial charge in [0.05, 0.1) is 22.2 Å². The molecule has 7 aromatic rings. The van der Waals surface area contributed by atoms with Gasteiger partial charge in [0.15, 0.2) is 0 Å². The van der Waals surface area contributed by atoms with Crippen LogP contribution >= 0.6 is 11.3 Å². The molecule has 5 aromatic carbocycles. The molecule has 0 saturated carbocycles. The van der Waals surface area contributed by atoms with E-state index < -0.39 is 7.12 Å². The largest absolute Gasteiger partial charge is 0.494 e. The van der Waals surface area contributed by atoms with Crippen LogP contribution in [0.3, 0.4) is 0 Å². The van der Waals surface area contributed by atoms with Crippen LogP contribution in [0.4, 0.5) is 0 Å². The first-order valence-corrected chi connectivity index (χ1v) is 14.4. The molecular weight excluding hydrogens is 497 g/mol. The molecule has 0 N–H and O–H groups in total. The number of fused-ring (bicyclic) bond motifs is 10. The van der Waals surface area contributed by atoms with Crippen molar-refractivity contribution < 1.29 is 9.31 Å². The van der Waals surface area contributed by atoms with Crippen molar-refractivity contribution in [1.29, 1.82) is 0 Å². The zero-order valence-electron chi connectivity index (χ0n) is 22.5. The minimum atomic E-state index is -0.411. The maximum Gasteiger partial charge on any atom is 0.494 e. The molecule has 0 radical (unpaired) electrons. The number of thiophene rings is 1. The molecule has 3 nitrogen and oxygen atoms in total. The molecule has 1 aliphatic rings. The quantitative estimate of drug-likeness (QED) is 0.211. The summed E-state index contributed by atoms with van der Waals surface area (Å²) in [7, 11) is -0.411. The Hall–Kier alpha value is -3.64. The Kier molecular flexibility index (Phi) is 4.74. The number of aromatic nitrogens is 1. The van der Waals surface area contributed by atoms with Crippen molar-refractivity contribution in [3.8, 4) is 5.69 Å². The van der Waals surface area contributed by atoms with Crippen molar-refractivity contribution in [2.24, 2.45) is 0 Å². The van der Waals surface area contributed by atoms with Gasteiger partial charge >= 0.3 is 7.12 Å². The normalized spacial score (nSPS) is 16.9. The lowest BCUT2D eigenvalue weighted by molar-refractivity contribution is 0.00578. The highest BCUT2D eigenvalue weighted by atomic mass is 32.1. The predicted octanol–water partition coefficient (Wildman–Crippen LogP) is 8.60. The lowest BCUT2D eigenvalue weighted by Gasteiger charge is -2.32. The van der Waals surface area contributed by atoms with Gasteiger partial charge in [0, 0.05) is 42.0 Å². The second-order valence-electron chi connectivity index (χ2n) is 11.6. The second-order valence-corrected chi connectivity index (χ2v) is 12.7. The highest BCUT2D eigenvalue weighted by molar-refractivity contribution is 7.27. The molecule has 2 aromatic heterocycles. The number of rotatable bonds is 2. The maximum atomic E-state index is 6.44. The van der Waals surface area contributed by atoms with Gasteiger partial charge in [-0.1, -0.05) is 72.8 Å². The van der Waals surface area contributed by atoms with Crippen LogP contribution in [0.2, 0.25) is 0 Å². The second kappa shape index (κ2) is 7.95. The van der Waals surface area contributed by atoms with Crippen molar-refractivity contribution in [2.75, 3.05) is 0 Å². The third-order valence-electron chi connectivity index (χ3n) is 8.80. The van der Waals surface area contributed by atoms with Crippen molar-refractivity contribution in [3.63, 3.8) is 0 Å². The summed E-state index contributed by atoms with van der Waals surface area (Å²) >= 11 is 1.89. The van der Waals surface area contributed by atoms with Gasteiger partial charge in [-0.3, -0.25) is 0 Å². The average molecular weight is 525 g/mol. The van der Waals surface area contributed by atoms with Gasteiger partial charge in [-0.05, 0) is 62.8 Å². The van der Waals surface area contributed by atoms with Gasteiger partial charge in [0.2, 0.25) is 0 Å². The Morgan fingerprint density at radius 1 is 0.641 bits per heavy atom. The molecule has 1 saturated heterocycles. The van der Waals surface area contributed by atoms with Crippen molar-refractivity contribution in [3.05, 3.63) is 97.1 Å². The maximum absolute atomic E-state index is 6.44. The topological polar surface area (TPSA) is 23.4 Å². The van der Waals surface area contributed by atoms with Gasteiger partial charge in [-0.2, -0.15) is 0 Å². The third-order valence-corrected chi connectivity index (χ3v) is 10.0. The van der Waals surface area contributed by atoms with E-state index in [0.717, 1.165) is 11.2 Å². The molecule has 1 aliphatic heterocycles. The summed E-state index contributed by atoms with van der Waals surface area (Å²) in [5, 5.41) is 7.81. The molecule has 0 spiro atoms. The van der Waals surface area contributed by atoms with Gasteiger partial charge in [-0.25, -0.2) is 0 Å². The highest BCUT2D eigenvalue weighted by Gasteiger charge is 2.51. The molecule has 5 heteroatoms. The molecule has 39 heavy (non-hydrogen) atoms. The predicted molar refractivity (Wildman–Crippen MR) is 167 cm³/mol. The minimum Gasteiger partial charge on any atom is -0.399 e. The van der Waals surface area contributed by atoms with Crippen LogP contribution < -0.4 is 5.46 Å². The van der Waals surface area contributed by atoms with Gasteiger partial charge in [0.1, 0.15) is 0 Å². The monoisotopic (exact) mass is 525 g/mol. The van der Waals surface area contributed by atoms with E-state index in [0.29, 0.717) is 0 Å². The first-order chi connectivity index (χ1) is 18.8. The molecule has 1 fully saturated rings. The first-order valence-electron chi connectivity index (χ1n) is 13.6. The zero-order valence-corrected chi connectivity index (χ0v) is 23.3. The molecule has 8 rings (SSSR count). The van der Waals surface area contributed by atoms with E-state index in [1.807, 2.05) is 11.3 Å². The van der Waals surface area contributed by atoms with Crippen molar-refractivity contribution in [2.45, 2.75) is 38.9 Å². The third kappa shape index (κ3) is 3.18. The number of hydrogen-bond acceptors (Lipinski definition) is 3. The Morgan fingerprint density at radius 2 is 1.28 bits per heavy atom. The molecule has 0 amide bonds. The van der Waals surface area contributed by atoms with E-state index in [1.54, 1.807) is 0 Å². The summed E-state index contributed by atoms with van der Waals surface area (Å²) in [4.78, 5) is 0. The minimum absolute atomic E-state index is 0.388. The summed E-state index contributed by atoms with van der Waals surface area (Å²) in [5.74, 6) is 0.